The quantitative estimate of drug-likeness (QED) is 0.167. The van der Waals surface area contributed by atoms with Gasteiger partial charge in [-0.05, 0) is 119 Å². The maximum Gasteiger partial charge on any atom is 0.136 e. The number of furan rings is 1. The molecule has 4 heterocycles. The number of ether oxygens (including phenoxy) is 1. The second-order valence-corrected chi connectivity index (χ2v) is 17.8. The van der Waals surface area contributed by atoms with E-state index in [0.717, 1.165) is 75.9 Å². The number of para-hydroxylation sites is 4. The van der Waals surface area contributed by atoms with Gasteiger partial charge in [-0.1, -0.05) is 127 Å². The molecule has 1 aliphatic heterocycles. The lowest BCUT2D eigenvalue weighted by Crippen LogP contribution is -2.20. The fraction of sp³-hybridized carbons (Fsp3) is 0.100. The third-order valence-electron chi connectivity index (χ3n) is 14.4. The van der Waals surface area contributed by atoms with Gasteiger partial charge in [0.25, 0.3) is 0 Å². The van der Waals surface area contributed by atoms with Crippen molar-refractivity contribution in [3.05, 3.63) is 227 Å². The summed E-state index contributed by atoms with van der Waals surface area (Å²) in [5.74, 6) is 1.29. The van der Waals surface area contributed by atoms with Crippen LogP contribution in [0.3, 0.4) is 0 Å². The highest BCUT2D eigenvalue weighted by atomic mass is 16.5. The summed E-state index contributed by atoms with van der Waals surface area (Å²) < 4.78 is 15.2. The molecule has 14 rings (SSSR count). The predicted octanol–water partition coefficient (Wildman–Crippen LogP) is 15.5. The molecule has 0 saturated carbocycles. The fourth-order valence-corrected chi connectivity index (χ4v) is 11.3. The molecular formula is C60H42N2O2. The molecule has 3 aromatic heterocycles. The molecule has 0 N–H and O–H groups in total. The van der Waals surface area contributed by atoms with Crippen LogP contribution in [-0.4, -0.2) is 10.5 Å². The number of benzene rings is 7. The van der Waals surface area contributed by atoms with Crippen molar-refractivity contribution in [3.63, 3.8) is 0 Å². The molecule has 3 aliphatic carbocycles. The summed E-state index contributed by atoms with van der Waals surface area (Å²) in [6.45, 7) is 0. The molecule has 64 heavy (non-hydrogen) atoms. The van der Waals surface area contributed by atoms with Crippen molar-refractivity contribution < 1.29 is 9.15 Å². The van der Waals surface area contributed by atoms with Gasteiger partial charge in [-0.3, -0.25) is 0 Å². The van der Waals surface area contributed by atoms with Gasteiger partial charge < -0.3 is 18.5 Å². The van der Waals surface area contributed by atoms with Gasteiger partial charge in [-0.2, -0.15) is 0 Å². The van der Waals surface area contributed by atoms with Gasteiger partial charge in [-0.15, -0.1) is 0 Å². The van der Waals surface area contributed by atoms with Crippen molar-refractivity contribution in [1.82, 2.24) is 4.40 Å². The van der Waals surface area contributed by atoms with E-state index in [1.165, 1.54) is 72.0 Å². The van der Waals surface area contributed by atoms with E-state index >= 15 is 0 Å². The van der Waals surface area contributed by atoms with Crippen LogP contribution < -0.4 is 9.64 Å². The van der Waals surface area contributed by atoms with Crippen LogP contribution in [0.4, 0.5) is 11.4 Å². The van der Waals surface area contributed by atoms with Crippen LogP contribution in [0.1, 0.15) is 47.6 Å². The maximum atomic E-state index is 6.42. The molecule has 0 saturated heterocycles. The maximum absolute atomic E-state index is 6.42. The van der Waals surface area contributed by atoms with Gasteiger partial charge in [-0.25, -0.2) is 0 Å². The van der Waals surface area contributed by atoms with Crippen LogP contribution in [0.25, 0.3) is 71.9 Å². The third kappa shape index (κ3) is 5.42. The Kier molecular flexibility index (Phi) is 7.73. The SMILES string of the molecule is C1=CC(c2ccc(N(C3=CC=C(C4=CC=C5c6ccccc6OC5C4)CC3)c3ccc(-c4ccc5c(c4)oc4ccccc45)cc3)cc2)Cc2c1n1c3ccccc3c3cccc2c31. The standard InChI is InChI=1S/C60H42N2O2/c1-4-13-54-46(8-1)51-11-7-12-52-53-34-40(24-33-55(53)62(54)60(51)52)37-16-25-43(26-17-37)61(44-27-18-38(19-28-44)41-22-31-49-47-9-2-5-14-56(47)63-58(49)35-41)45-29-20-39(21-30-45)42-23-32-50-48-10-3-6-15-57(48)64-59(50)36-42/h1-20,22-29,31-33,35,40,59H,21,30,34,36H2. The second kappa shape index (κ2) is 13.8. The van der Waals surface area contributed by atoms with E-state index in [2.05, 4.69) is 191 Å². The van der Waals surface area contributed by atoms with Crippen molar-refractivity contribution >= 4 is 72.2 Å². The summed E-state index contributed by atoms with van der Waals surface area (Å²) in [5, 5.41) is 6.34. The number of anilines is 2. The highest BCUT2D eigenvalue weighted by Gasteiger charge is 2.32. The summed E-state index contributed by atoms with van der Waals surface area (Å²) in [6, 6.07) is 57.3. The van der Waals surface area contributed by atoms with Crippen LogP contribution >= 0.6 is 0 Å². The van der Waals surface area contributed by atoms with E-state index in [9.17, 15) is 0 Å². The van der Waals surface area contributed by atoms with Crippen LogP contribution in [-0.2, 0) is 6.42 Å². The minimum atomic E-state index is 0.0833. The second-order valence-electron chi connectivity index (χ2n) is 17.8. The molecule has 2 atom stereocenters. The van der Waals surface area contributed by atoms with E-state index in [-0.39, 0.29) is 6.10 Å². The number of allylic oxidation sites excluding steroid dienone is 7. The molecular weight excluding hydrogens is 781 g/mol. The minimum Gasteiger partial charge on any atom is -0.485 e. The lowest BCUT2D eigenvalue weighted by molar-refractivity contribution is 0.275. The Balaban J connectivity index is 0.800. The predicted molar refractivity (Wildman–Crippen MR) is 264 cm³/mol. The largest absolute Gasteiger partial charge is 0.485 e. The summed E-state index contributed by atoms with van der Waals surface area (Å²) >= 11 is 0. The Morgan fingerprint density at radius 1 is 0.547 bits per heavy atom. The number of hydrogen-bond acceptors (Lipinski definition) is 3. The smallest absolute Gasteiger partial charge is 0.136 e. The van der Waals surface area contributed by atoms with Gasteiger partial charge in [0.1, 0.15) is 23.0 Å². The zero-order chi connectivity index (χ0) is 41.9. The molecule has 0 amide bonds. The van der Waals surface area contributed by atoms with Gasteiger partial charge in [0.05, 0.1) is 11.0 Å². The van der Waals surface area contributed by atoms with Crippen molar-refractivity contribution in [1.29, 1.82) is 0 Å². The van der Waals surface area contributed by atoms with Crippen molar-refractivity contribution in [3.8, 4) is 16.9 Å². The molecule has 0 fully saturated rings. The average Bonchev–Trinajstić information content (AvgIpc) is 4.11. The summed E-state index contributed by atoms with van der Waals surface area (Å²) in [7, 11) is 0. The minimum absolute atomic E-state index is 0.0833. The Morgan fingerprint density at radius 3 is 2.16 bits per heavy atom. The highest BCUT2D eigenvalue weighted by molar-refractivity contribution is 6.16. The molecule has 4 aliphatic rings. The summed E-state index contributed by atoms with van der Waals surface area (Å²) in [6.07, 6.45) is 18.0. The highest BCUT2D eigenvalue weighted by Crippen LogP contribution is 2.46. The van der Waals surface area contributed by atoms with Gasteiger partial charge in [0.15, 0.2) is 0 Å². The van der Waals surface area contributed by atoms with Gasteiger partial charge >= 0.3 is 0 Å². The van der Waals surface area contributed by atoms with E-state index in [1.54, 1.807) is 0 Å². The Hall–Kier alpha value is -7.82. The van der Waals surface area contributed by atoms with Crippen molar-refractivity contribution in [2.45, 2.75) is 37.7 Å². The Bertz CT molecular complexity index is 3700. The molecule has 10 aromatic rings. The van der Waals surface area contributed by atoms with Crippen molar-refractivity contribution in [2.24, 2.45) is 0 Å². The fourth-order valence-electron chi connectivity index (χ4n) is 11.3. The zero-order valence-electron chi connectivity index (χ0n) is 35.2. The first-order valence-electron chi connectivity index (χ1n) is 22.6. The number of fused-ring (bicyclic) bond motifs is 12. The average molecular weight is 823 g/mol. The Labute approximate surface area is 371 Å². The first kappa shape index (κ1) is 35.7. The first-order valence-corrected chi connectivity index (χ1v) is 22.6. The first-order chi connectivity index (χ1) is 31.7. The van der Waals surface area contributed by atoms with Gasteiger partial charge in [0, 0.05) is 73.2 Å². The van der Waals surface area contributed by atoms with Crippen LogP contribution in [0.15, 0.2) is 209 Å². The van der Waals surface area contributed by atoms with Crippen LogP contribution in [0.2, 0.25) is 0 Å². The molecule has 0 radical (unpaired) electrons. The lowest BCUT2D eigenvalue weighted by atomic mass is 9.85. The molecule has 7 aromatic carbocycles. The third-order valence-corrected chi connectivity index (χ3v) is 14.4. The molecule has 2 unspecified atom stereocenters. The molecule has 0 spiro atoms. The van der Waals surface area contributed by atoms with E-state index in [4.69, 9.17) is 9.15 Å². The van der Waals surface area contributed by atoms with E-state index in [0.29, 0.717) is 5.92 Å². The number of rotatable bonds is 6. The van der Waals surface area contributed by atoms with E-state index < -0.39 is 0 Å². The summed E-state index contributed by atoms with van der Waals surface area (Å²) in [5.41, 5.74) is 19.8. The van der Waals surface area contributed by atoms with E-state index in [1.807, 2.05) is 12.1 Å². The number of aromatic nitrogens is 1. The monoisotopic (exact) mass is 822 g/mol. The van der Waals surface area contributed by atoms with Crippen LogP contribution in [0.5, 0.6) is 5.75 Å². The topological polar surface area (TPSA) is 30.0 Å². The molecule has 304 valence electrons. The normalized spacial score (nSPS) is 17.9. The number of nitrogens with zero attached hydrogens (tertiary/aromatic N) is 2. The summed E-state index contributed by atoms with van der Waals surface area (Å²) in [4.78, 5) is 2.46. The number of hydrogen-bond donors (Lipinski definition) is 0. The molecule has 0 bridgehead atoms. The zero-order valence-corrected chi connectivity index (χ0v) is 35.2. The van der Waals surface area contributed by atoms with Crippen molar-refractivity contribution in [2.75, 3.05) is 4.90 Å². The lowest BCUT2D eigenvalue weighted by Gasteiger charge is -2.31. The van der Waals surface area contributed by atoms with Gasteiger partial charge in [0.2, 0.25) is 0 Å². The van der Waals surface area contributed by atoms with Crippen LogP contribution in [0, 0.1) is 0 Å². The molecule has 4 nitrogen and oxygen atoms in total. The Morgan fingerprint density at radius 2 is 1.28 bits per heavy atom. The molecule has 4 heteroatoms.